The summed E-state index contributed by atoms with van der Waals surface area (Å²) in [5, 5.41) is 4.65. The van der Waals surface area contributed by atoms with Crippen LogP contribution in [0.15, 0.2) is 42.5 Å². The topological polar surface area (TPSA) is 21.3 Å². The molecule has 0 aliphatic carbocycles. The van der Waals surface area contributed by atoms with Crippen LogP contribution in [0, 0.1) is 0 Å². The number of rotatable bonds is 6. The van der Waals surface area contributed by atoms with Gasteiger partial charge in [0.1, 0.15) is 5.75 Å². The van der Waals surface area contributed by atoms with Crippen LogP contribution in [0.5, 0.6) is 5.75 Å². The van der Waals surface area contributed by atoms with E-state index in [1.165, 1.54) is 5.56 Å². The maximum atomic E-state index is 6.24. The lowest BCUT2D eigenvalue weighted by atomic mass is 10.1. The number of nitrogens with one attached hydrogen (secondary N) is 1. The molecule has 1 N–H and O–H groups in total. The summed E-state index contributed by atoms with van der Waals surface area (Å²) < 4.78 is 5.51. The predicted octanol–water partition coefficient (Wildman–Crippen LogP) is 5.24. The van der Waals surface area contributed by atoms with Gasteiger partial charge in [-0.05, 0) is 43.2 Å². The third kappa shape index (κ3) is 4.37. The average Bonchev–Trinajstić information content (AvgIpc) is 2.48. The van der Waals surface area contributed by atoms with Crippen molar-refractivity contribution >= 4 is 23.2 Å². The molecule has 112 valence electrons. The molecule has 2 nitrogen and oxygen atoms in total. The van der Waals surface area contributed by atoms with Crippen LogP contribution in [-0.4, -0.2) is 6.61 Å². The molecule has 0 amide bonds. The van der Waals surface area contributed by atoms with Crippen molar-refractivity contribution in [1.82, 2.24) is 5.32 Å². The average molecular weight is 324 g/mol. The van der Waals surface area contributed by atoms with E-state index in [0.717, 1.165) is 17.9 Å². The van der Waals surface area contributed by atoms with Gasteiger partial charge < -0.3 is 10.1 Å². The van der Waals surface area contributed by atoms with Crippen molar-refractivity contribution in [3.05, 3.63) is 63.6 Å². The summed E-state index contributed by atoms with van der Waals surface area (Å²) in [5.74, 6) is 0.894. The molecule has 2 aromatic rings. The van der Waals surface area contributed by atoms with Crippen molar-refractivity contribution in [2.45, 2.75) is 26.4 Å². The molecule has 0 saturated heterocycles. The molecule has 0 fully saturated rings. The first-order chi connectivity index (χ1) is 10.1. The van der Waals surface area contributed by atoms with Crippen molar-refractivity contribution in [3.8, 4) is 5.75 Å². The fraction of sp³-hybridized carbons (Fsp3) is 0.294. The van der Waals surface area contributed by atoms with Crippen LogP contribution >= 0.6 is 23.2 Å². The van der Waals surface area contributed by atoms with E-state index in [9.17, 15) is 0 Å². The van der Waals surface area contributed by atoms with Gasteiger partial charge in [0, 0.05) is 12.6 Å². The van der Waals surface area contributed by atoms with Crippen LogP contribution in [0.2, 0.25) is 10.0 Å². The maximum Gasteiger partial charge on any atom is 0.119 e. The Bertz CT molecular complexity index is 601. The van der Waals surface area contributed by atoms with E-state index >= 15 is 0 Å². The summed E-state index contributed by atoms with van der Waals surface area (Å²) in [6, 6.07) is 13.9. The lowest BCUT2D eigenvalue weighted by Crippen LogP contribution is -2.18. The van der Waals surface area contributed by atoms with Gasteiger partial charge in [0.15, 0.2) is 0 Å². The maximum absolute atomic E-state index is 6.24. The minimum absolute atomic E-state index is 0.118. The molecule has 0 bridgehead atoms. The Hall–Kier alpha value is -1.22. The second kappa shape index (κ2) is 7.69. The van der Waals surface area contributed by atoms with Crippen molar-refractivity contribution in [3.63, 3.8) is 0 Å². The van der Waals surface area contributed by atoms with Gasteiger partial charge in [-0.15, -0.1) is 0 Å². The van der Waals surface area contributed by atoms with E-state index in [2.05, 4.69) is 18.3 Å². The summed E-state index contributed by atoms with van der Waals surface area (Å²) in [4.78, 5) is 0. The Kier molecular flexibility index (Phi) is 5.92. The molecule has 1 atom stereocenters. The van der Waals surface area contributed by atoms with Gasteiger partial charge in [-0.25, -0.2) is 0 Å². The SMILES string of the molecule is CCOc1cccc(CNC(C)c2cccc(Cl)c2Cl)c1. The van der Waals surface area contributed by atoms with E-state index in [4.69, 9.17) is 27.9 Å². The molecular weight excluding hydrogens is 305 g/mol. The zero-order chi connectivity index (χ0) is 15.2. The Labute approximate surface area is 136 Å². The normalized spacial score (nSPS) is 12.2. The highest BCUT2D eigenvalue weighted by molar-refractivity contribution is 6.42. The highest BCUT2D eigenvalue weighted by Gasteiger charge is 2.11. The van der Waals surface area contributed by atoms with E-state index in [0.29, 0.717) is 16.7 Å². The molecule has 21 heavy (non-hydrogen) atoms. The van der Waals surface area contributed by atoms with Crippen LogP contribution in [0.3, 0.4) is 0 Å². The molecule has 0 aromatic heterocycles. The molecule has 2 rings (SSSR count). The molecule has 0 radical (unpaired) electrons. The summed E-state index contributed by atoms with van der Waals surface area (Å²) in [7, 11) is 0. The number of benzene rings is 2. The summed E-state index contributed by atoms with van der Waals surface area (Å²) >= 11 is 12.3. The quantitative estimate of drug-likeness (QED) is 0.784. The van der Waals surface area contributed by atoms with Crippen LogP contribution in [-0.2, 0) is 6.54 Å². The van der Waals surface area contributed by atoms with Crippen molar-refractivity contribution < 1.29 is 4.74 Å². The molecule has 4 heteroatoms. The number of ether oxygens (including phenoxy) is 1. The van der Waals surface area contributed by atoms with Gasteiger partial charge in [0.05, 0.1) is 16.7 Å². The second-order valence-electron chi connectivity index (χ2n) is 4.83. The van der Waals surface area contributed by atoms with Gasteiger partial charge in [-0.1, -0.05) is 47.5 Å². The fourth-order valence-corrected chi connectivity index (χ4v) is 2.62. The van der Waals surface area contributed by atoms with Gasteiger partial charge >= 0.3 is 0 Å². The van der Waals surface area contributed by atoms with Crippen LogP contribution in [0.4, 0.5) is 0 Å². The Morgan fingerprint density at radius 3 is 2.67 bits per heavy atom. The lowest BCUT2D eigenvalue weighted by Gasteiger charge is -2.16. The lowest BCUT2D eigenvalue weighted by molar-refractivity contribution is 0.339. The second-order valence-corrected chi connectivity index (χ2v) is 5.61. The van der Waals surface area contributed by atoms with Crippen LogP contribution < -0.4 is 10.1 Å². The third-order valence-corrected chi connectivity index (χ3v) is 4.10. The monoisotopic (exact) mass is 323 g/mol. The van der Waals surface area contributed by atoms with Crippen molar-refractivity contribution in [2.24, 2.45) is 0 Å². The van der Waals surface area contributed by atoms with Crippen LogP contribution in [0.25, 0.3) is 0 Å². The molecule has 2 aromatic carbocycles. The number of hydrogen-bond acceptors (Lipinski definition) is 2. The smallest absolute Gasteiger partial charge is 0.119 e. The highest BCUT2D eigenvalue weighted by Crippen LogP contribution is 2.29. The molecule has 0 saturated carbocycles. The molecule has 0 aliphatic heterocycles. The molecular formula is C17H19Cl2NO. The molecule has 0 spiro atoms. The van der Waals surface area contributed by atoms with E-state index < -0.39 is 0 Å². The first-order valence-corrected chi connectivity index (χ1v) is 7.76. The zero-order valence-electron chi connectivity index (χ0n) is 12.2. The van der Waals surface area contributed by atoms with Gasteiger partial charge in [-0.2, -0.15) is 0 Å². The van der Waals surface area contributed by atoms with E-state index in [1.54, 1.807) is 6.07 Å². The number of halogens is 2. The zero-order valence-corrected chi connectivity index (χ0v) is 13.7. The minimum atomic E-state index is 0.118. The summed E-state index contributed by atoms with van der Waals surface area (Å²) in [5.41, 5.74) is 2.18. The largest absolute Gasteiger partial charge is 0.494 e. The first-order valence-electron chi connectivity index (χ1n) is 7.01. The minimum Gasteiger partial charge on any atom is -0.494 e. The van der Waals surface area contributed by atoms with Crippen molar-refractivity contribution in [1.29, 1.82) is 0 Å². The molecule has 0 heterocycles. The van der Waals surface area contributed by atoms with E-state index in [-0.39, 0.29) is 6.04 Å². The standard InChI is InChI=1S/C17H19Cl2NO/c1-3-21-14-7-4-6-13(10-14)11-20-12(2)15-8-5-9-16(18)17(15)19/h4-10,12,20H,3,11H2,1-2H3. The third-order valence-electron chi connectivity index (χ3n) is 3.27. The Balaban J connectivity index is 2.02. The van der Waals surface area contributed by atoms with Gasteiger partial charge in [-0.3, -0.25) is 0 Å². The van der Waals surface area contributed by atoms with Crippen molar-refractivity contribution in [2.75, 3.05) is 6.61 Å². The summed E-state index contributed by atoms with van der Waals surface area (Å²) in [6.45, 7) is 5.47. The molecule has 0 aliphatic rings. The first kappa shape index (κ1) is 16.2. The van der Waals surface area contributed by atoms with Gasteiger partial charge in [0.25, 0.3) is 0 Å². The Morgan fingerprint density at radius 2 is 1.90 bits per heavy atom. The predicted molar refractivity (Wildman–Crippen MR) is 89.3 cm³/mol. The highest BCUT2D eigenvalue weighted by atomic mass is 35.5. The number of hydrogen-bond donors (Lipinski definition) is 1. The fourth-order valence-electron chi connectivity index (χ4n) is 2.15. The van der Waals surface area contributed by atoms with Gasteiger partial charge in [0.2, 0.25) is 0 Å². The summed E-state index contributed by atoms with van der Waals surface area (Å²) in [6.07, 6.45) is 0. The van der Waals surface area contributed by atoms with E-state index in [1.807, 2.05) is 37.3 Å². The Morgan fingerprint density at radius 1 is 1.14 bits per heavy atom. The molecule has 1 unspecified atom stereocenters. The van der Waals surface area contributed by atoms with Crippen LogP contribution in [0.1, 0.15) is 31.0 Å².